The van der Waals surface area contributed by atoms with E-state index >= 15 is 0 Å². The topological polar surface area (TPSA) is 63.6 Å². The van der Waals surface area contributed by atoms with E-state index in [1.807, 2.05) is 0 Å². The van der Waals surface area contributed by atoms with Gasteiger partial charge in [0.05, 0.1) is 0 Å². The van der Waals surface area contributed by atoms with Crippen molar-refractivity contribution < 1.29 is 35.8 Å². The zero-order chi connectivity index (χ0) is 16.2. The van der Waals surface area contributed by atoms with Gasteiger partial charge in [0.15, 0.2) is 21.0 Å². The third-order valence-electron chi connectivity index (χ3n) is 3.05. The Morgan fingerprint density at radius 1 is 1.43 bits per heavy atom. The normalized spacial score (nSPS) is 22.4. The van der Waals surface area contributed by atoms with E-state index in [0.717, 1.165) is 13.2 Å². The fraction of sp³-hybridized carbons (Fsp3) is 0.636. The maximum Gasteiger partial charge on any atom is 0.281 e. The predicted octanol–water partition coefficient (Wildman–Crippen LogP) is 2.41. The van der Waals surface area contributed by atoms with Crippen LogP contribution in [0.3, 0.4) is 0 Å². The Kier molecular flexibility index (Phi) is 4.00. The first kappa shape index (κ1) is 16.5. The minimum Gasteiger partial charge on any atom is -0.475 e. The van der Waals surface area contributed by atoms with Gasteiger partial charge in [-0.05, 0) is 6.92 Å². The average molecular weight is 348 g/mol. The van der Waals surface area contributed by atoms with Gasteiger partial charge in [0, 0.05) is 23.8 Å². The maximum atomic E-state index is 13.6. The van der Waals surface area contributed by atoms with E-state index in [1.165, 1.54) is 0 Å². The summed E-state index contributed by atoms with van der Waals surface area (Å²) in [7, 11) is -3.89. The molecule has 0 aromatic carbocycles. The van der Waals surface area contributed by atoms with Crippen molar-refractivity contribution in [3.8, 4) is 5.06 Å². The summed E-state index contributed by atoms with van der Waals surface area (Å²) in [6.45, 7) is 1.04. The highest BCUT2D eigenvalue weighted by molar-refractivity contribution is 7.92. The second-order valence-corrected chi connectivity index (χ2v) is 8.03. The van der Waals surface area contributed by atoms with Gasteiger partial charge >= 0.3 is 0 Å². The first-order valence-corrected chi connectivity index (χ1v) is 8.52. The largest absolute Gasteiger partial charge is 0.475 e. The molecule has 21 heavy (non-hydrogen) atoms. The summed E-state index contributed by atoms with van der Waals surface area (Å²) in [5.41, 5.74) is -0.658. The fourth-order valence-corrected chi connectivity index (χ4v) is 4.50. The lowest BCUT2D eigenvalue weighted by atomic mass is 10.2. The minimum absolute atomic E-state index is 0.217. The lowest BCUT2D eigenvalue weighted by molar-refractivity contribution is -0.0976. The lowest BCUT2D eigenvalue weighted by Gasteiger charge is -2.15. The molecule has 1 aliphatic rings. The molecule has 0 radical (unpaired) electrons. The number of aliphatic hydroxyl groups is 1. The van der Waals surface area contributed by atoms with Crippen LogP contribution >= 0.6 is 11.3 Å². The van der Waals surface area contributed by atoms with Crippen LogP contribution in [0.15, 0.2) is 4.21 Å². The number of alkyl halides is 4. The molecule has 2 rings (SSSR count). The molecule has 0 unspecified atom stereocenters. The molecule has 0 aliphatic heterocycles. The standard InChI is InChI=1S/C11H12F4O4S2/c1-4(8(12)13)19-9-5-3-11(14,15)7(16)6(5)10(20-9)21(2,17)18/h4,7-8,16H,3H2,1-2H3/t4-,7-/m0/s1. The summed E-state index contributed by atoms with van der Waals surface area (Å²) >= 11 is 0.482. The SMILES string of the molecule is C[C@H](Oc1sc(S(C)(=O)=O)c2c1CC(F)(F)[C@H]2O)C(F)F. The van der Waals surface area contributed by atoms with Gasteiger partial charge in [-0.3, -0.25) is 0 Å². The molecule has 0 saturated heterocycles. The second-order valence-electron chi connectivity index (χ2n) is 4.84. The first-order chi connectivity index (χ1) is 9.45. The molecule has 1 aromatic rings. The van der Waals surface area contributed by atoms with Crippen LogP contribution in [-0.4, -0.2) is 38.2 Å². The number of fused-ring (bicyclic) bond motifs is 1. The van der Waals surface area contributed by atoms with E-state index in [0.29, 0.717) is 11.3 Å². The molecule has 0 saturated carbocycles. The second kappa shape index (κ2) is 5.10. The van der Waals surface area contributed by atoms with Crippen LogP contribution in [-0.2, 0) is 16.3 Å². The monoisotopic (exact) mass is 348 g/mol. The molecule has 1 heterocycles. The minimum atomic E-state index is -3.89. The summed E-state index contributed by atoms with van der Waals surface area (Å²) in [6, 6.07) is 0. The molecule has 0 spiro atoms. The van der Waals surface area contributed by atoms with Crippen molar-refractivity contribution in [2.45, 2.75) is 42.1 Å². The number of halogens is 4. The molecule has 10 heteroatoms. The molecule has 0 bridgehead atoms. The summed E-state index contributed by atoms with van der Waals surface area (Å²) in [4.78, 5) is 0. The number of ether oxygens (including phenoxy) is 1. The van der Waals surface area contributed by atoms with Gasteiger partial charge in [-0.15, -0.1) is 0 Å². The van der Waals surface area contributed by atoms with Crippen LogP contribution in [0.25, 0.3) is 0 Å². The molecule has 1 aromatic heterocycles. The summed E-state index contributed by atoms with van der Waals surface area (Å²) in [6.07, 6.45) is -6.86. The number of sulfone groups is 1. The zero-order valence-corrected chi connectivity index (χ0v) is 12.6. The molecule has 0 amide bonds. The molecule has 4 nitrogen and oxygen atoms in total. The van der Waals surface area contributed by atoms with E-state index in [2.05, 4.69) is 0 Å². The van der Waals surface area contributed by atoms with Gasteiger partial charge in [-0.25, -0.2) is 26.0 Å². The quantitative estimate of drug-likeness (QED) is 0.849. The predicted molar refractivity (Wildman–Crippen MR) is 67.1 cm³/mol. The van der Waals surface area contributed by atoms with Crippen LogP contribution < -0.4 is 4.74 Å². The Labute approximate surface area is 122 Å². The van der Waals surface area contributed by atoms with E-state index in [-0.39, 0.29) is 10.6 Å². The van der Waals surface area contributed by atoms with Crippen LogP contribution in [0.2, 0.25) is 0 Å². The highest BCUT2D eigenvalue weighted by atomic mass is 32.2. The van der Waals surface area contributed by atoms with Gasteiger partial charge < -0.3 is 9.84 Å². The molecule has 120 valence electrons. The molecule has 0 fully saturated rings. The zero-order valence-electron chi connectivity index (χ0n) is 10.9. The van der Waals surface area contributed by atoms with Crippen molar-refractivity contribution >= 4 is 21.2 Å². The smallest absolute Gasteiger partial charge is 0.281 e. The first-order valence-electron chi connectivity index (χ1n) is 5.81. The maximum absolute atomic E-state index is 13.6. The number of aliphatic hydroxyl groups excluding tert-OH is 1. The van der Waals surface area contributed by atoms with Gasteiger partial charge in [-0.2, -0.15) is 0 Å². The molecule has 2 atom stereocenters. The Morgan fingerprint density at radius 3 is 2.48 bits per heavy atom. The van der Waals surface area contributed by atoms with Gasteiger partial charge in [0.25, 0.3) is 12.3 Å². The number of thiophene rings is 1. The highest BCUT2D eigenvalue weighted by Crippen LogP contribution is 2.53. The average Bonchev–Trinajstić information content (AvgIpc) is 2.76. The van der Waals surface area contributed by atoms with Crippen LogP contribution in [0.1, 0.15) is 24.2 Å². The Balaban J connectivity index is 2.54. The number of rotatable bonds is 4. The van der Waals surface area contributed by atoms with E-state index in [1.54, 1.807) is 0 Å². The van der Waals surface area contributed by atoms with Gasteiger partial charge in [0.1, 0.15) is 10.3 Å². The van der Waals surface area contributed by atoms with Crippen LogP contribution in [0.5, 0.6) is 5.06 Å². The third-order valence-corrected chi connectivity index (χ3v) is 6.03. The van der Waals surface area contributed by atoms with Crippen molar-refractivity contribution in [1.82, 2.24) is 0 Å². The van der Waals surface area contributed by atoms with E-state index < -0.39 is 50.6 Å². The molecule has 1 aliphatic carbocycles. The van der Waals surface area contributed by atoms with Crippen molar-refractivity contribution in [3.05, 3.63) is 11.1 Å². The Hall–Kier alpha value is -0.870. The van der Waals surface area contributed by atoms with Crippen molar-refractivity contribution in [2.75, 3.05) is 6.26 Å². The third kappa shape index (κ3) is 2.88. The summed E-state index contributed by atoms with van der Waals surface area (Å²) in [5, 5.41) is 9.29. The highest BCUT2D eigenvalue weighted by Gasteiger charge is 2.52. The van der Waals surface area contributed by atoms with Gasteiger partial charge in [-0.1, -0.05) is 11.3 Å². The summed E-state index contributed by atoms with van der Waals surface area (Å²) in [5.74, 6) is -3.55. The Bertz CT molecular complexity index is 653. The molecular weight excluding hydrogens is 336 g/mol. The van der Waals surface area contributed by atoms with E-state index in [9.17, 15) is 31.1 Å². The van der Waals surface area contributed by atoms with Crippen LogP contribution in [0.4, 0.5) is 17.6 Å². The lowest BCUT2D eigenvalue weighted by Crippen LogP contribution is -2.23. The van der Waals surface area contributed by atoms with E-state index in [4.69, 9.17) is 4.74 Å². The van der Waals surface area contributed by atoms with Crippen molar-refractivity contribution in [1.29, 1.82) is 0 Å². The van der Waals surface area contributed by atoms with Crippen LogP contribution in [0, 0.1) is 0 Å². The number of hydrogen-bond acceptors (Lipinski definition) is 5. The molecular formula is C11H12F4O4S2. The number of hydrogen-bond donors (Lipinski definition) is 1. The van der Waals surface area contributed by atoms with Crippen molar-refractivity contribution in [3.63, 3.8) is 0 Å². The summed E-state index contributed by atoms with van der Waals surface area (Å²) < 4.78 is 79.8. The molecule has 1 N–H and O–H groups in total. The Morgan fingerprint density at radius 2 is 2.00 bits per heavy atom. The van der Waals surface area contributed by atoms with Crippen molar-refractivity contribution in [2.24, 2.45) is 0 Å². The van der Waals surface area contributed by atoms with Gasteiger partial charge in [0.2, 0.25) is 0 Å². The fourth-order valence-electron chi connectivity index (χ4n) is 2.01.